The Hall–Kier alpha value is -3.87. The number of Topliss-reactive ketones (excluding diaryl/α,β-unsaturated/α-hetero) is 1. The lowest BCUT2D eigenvalue weighted by atomic mass is 9.89. The number of benzene rings is 3. The Balaban J connectivity index is 1.33. The van der Waals surface area contributed by atoms with E-state index in [2.05, 4.69) is 0 Å². The number of rotatable bonds is 8. The second-order valence-electron chi connectivity index (χ2n) is 8.77. The van der Waals surface area contributed by atoms with Gasteiger partial charge in [-0.15, -0.1) is 0 Å². The first kappa shape index (κ1) is 23.9. The summed E-state index contributed by atoms with van der Waals surface area (Å²) in [6.07, 6.45) is -0.439. The molecule has 0 saturated carbocycles. The van der Waals surface area contributed by atoms with E-state index >= 15 is 0 Å². The van der Waals surface area contributed by atoms with E-state index in [0.717, 1.165) is 11.1 Å². The molecule has 1 N–H and O–H groups in total. The Morgan fingerprint density at radius 2 is 1.81 bits per heavy atom. The van der Waals surface area contributed by atoms with Gasteiger partial charge in [0.15, 0.2) is 11.4 Å². The molecule has 4 aromatic rings. The van der Waals surface area contributed by atoms with E-state index in [1.807, 2.05) is 31.2 Å². The highest BCUT2D eigenvalue weighted by atomic mass is 35.5. The number of hydrogen-bond acceptors (Lipinski definition) is 5. The number of ether oxygens (including phenoxy) is 1. The Labute approximate surface area is 213 Å². The van der Waals surface area contributed by atoms with Crippen LogP contribution in [0.3, 0.4) is 0 Å². The average Bonchev–Trinajstić information content (AvgIpc) is 3.44. The molecule has 0 spiro atoms. The lowest BCUT2D eigenvalue weighted by molar-refractivity contribution is -0.136. The van der Waals surface area contributed by atoms with Crippen molar-refractivity contribution in [3.63, 3.8) is 0 Å². The average molecular weight is 502 g/mol. The fourth-order valence-electron chi connectivity index (χ4n) is 4.44. The molecule has 1 aliphatic rings. The van der Waals surface area contributed by atoms with Crippen LogP contribution in [-0.4, -0.2) is 29.9 Å². The Morgan fingerprint density at radius 3 is 2.58 bits per heavy atom. The van der Waals surface area contributed by atoms with Crippen molar-refractivity contribution >= 4 is 29.0 Å². The van der Waals surface area contributed by atoms with Gasteiger partial charge in [-0.05, 0) is 67.1 Å². The molecule has 0 aliphatic carbocycles. The number of para-hydroxylation sites is 1. The Morgan fingerprint density at radius 1 is 1.03 bits per heavy atom. The van der Waals surface area contributed by atoms with Crippen molar-refractivity contribution in [1.82, 2.24) is 0 Å². The molecule has 0 saturated heterocycles. The lowest BCUT2D eigenvalue weighted by Crippen LogP contribution is -2.43. The summed E-state index contributed by atoms with van der Waals surface area (Å²) in [5, 5.41) is 12.1. The minimum atomic E-state index is -2.00. The molecule has 1 aromatic heterocycles. The Kier molecular flexibility index (Phi) is 6.39. The van der Waals surface area contributed by atoms with Crippen LogP contribution < -0.4 is 9.64 Å². The second kappa shape index (κ2) is 9.64. The monoisotopic (exact) mass is 501 g/mol. The van der Waals surface area contributed by atoms with Gasteiger partial charge in [-0.25, -0.2) is 0 Å². The fourth-order valence-corrected chi connectivity index (χ4v) is 4.56. The molecule has 36 heavy (non-hydrogen) atoms. The van der Waals surface area contributed by atoms with Gasteiger partial charge in [-0.2, -0.15) is 0 Å². The number of nitrogens with zero attached hydrogens (tertiary/aromatic N) is 1. The molecular weight excluding hydrogens is 478 g/mol. The maximum absolute atomic E-state index is 13.4. The van der Waals surface area contributed by atoms with Gasteiger partial charge in [0, 0.05) is 16.1 Å². The van der Waals surface area contributed by atoms with Crippen LogP contribution in [0, 0.1) is 6.92 Å². The van der Waals surface area contributed by atoms with Crippen molar-refractivity contribution in [2.45, 2.75) is 18.9 Å². The molecule has 0 fully saturated rings. The number of carbonyl (C=O) groups is 2. The molecule has 6 nitrogen and oxygen atoms in total. The minimum Gasteiger partial charge on any atom is -0.492 e. The fraction of sp³-hybridized carbons (Fsp3) is 0.172. The summed E-state index contributed by atoms with van der Waals surface area (Å²) in [6, 6.07) is 24.9. The van der Waals surface area contributed by atoms with E-state index in [-0.39, 0.29) is 18.9 Å². The topological polar surface area (TPSA) is 80.0 Å². The van der Waals surface area contributed by atoms with E-state index in [9.17, 15) is 14.7 Å². The third-order valence-corrected chi connectivity index (χ3v) is 6.49. The summed E-state index contributed by atoms with van der Waals surface area (Å²) in [4.78, 5) is 28.0. The number of amides is 1. The van der Waals surface area contributed by atoms with E-state index in [4.69, 9.17) is 20.8 Å². The molecule has 1 amide bonds. The molecule has 7 heteroatoms. The molecular formula is C29H24ClNO5. The number of aryl methyl sites for hydroxylation is 1. The van der Waals surface area contributed by atoms with Crippen LogP contribution in [0.4, 0.5) is 5.69 Å². The van der Waals surface area contributed by atoms with Crippen molar-refractivity contribution in [3.8, 4) is 17.1 Å². The predicted octanol–water partition coefficient (Wildman–Crippen LogP) is 5.79. The molecule has 1 atom stereocenters. The van der Waals surface area contributed by atoms with Gasteiger partial charge < -0.3 is 19.2 Å². The number of anilines is 1. The van der Waals surface area contributed by atoms with Gasteiger partial charge in [-0.3, -0.25) is 9.59 Å². The minimum absolute atomic E-state index is 0.0693. The maximum atomic E-state index is 13.4. The SMILES string of the molecule is Cc1cccc(OCCN2C(=O)C(O)(CC(=O)c3ccc(-c4ccc(Cl)cc4)o3)c3ccccc32)c1. The summed E-state index contributed by atoms with van der Waals surface area (Å²) in [7, 11) is 0. The first-order valence-corrected chi connectivity index (χ1v) is 12.0. The zero-order chi connectivity index (χ0) is 25.3. The number of carbonyl (C=O) groups excluding carboxylic acids is 2. The number of hydrogen-bond donors (Lipinski definition) is 1. The number of aliphatic hydroxyl groups is 1. The molecule has 0 radical (unpaired) electrons. The molecule has 2 heterocycles. The van der Waals surface area contributed by atoms with Crippen LogP contribution in [0.25, 0.3) is 11.3 Å². The van der Waals surface area contributed by atoms with Gasteiger partial charge in [0.1, 0.15) is 18.1 Å². The lowest BCUT2D eigenvalue weighted by Gasteiger charge is -2.22. The maximum Gasteiger partial charge on any atom is 0.264 e. The first-order chi connectivity index (χ1) is 17.3. The van der Waals surface area contributed by atoms with Crippen molar-refractivity contribution in [1.29, 1.82) is 0 Å². The number of fused-ring (bicyclic) bond motifs is 1. The van der Waals surface area contributed by atoms with Gasteiger partial charge in [0.2, 0.25) is 5.78 Å². The Bertz CT molecular complexity index is 1430. The molecule has 3 aromatic carbocycles. The smallest absolute Gasteiger partial charge is 0.264 e. The number of ketones is 1. The zero-order valence-electron chi connectivity index (χ0n) is 19.6. The van der Waals surface area contributed by atoms with E-state index in [1.54, 1.807) is 60.7 Å². The van der Waals surface area contributed by atoms with Crippen LogP contribution in [0.1, 0.15) is 28.1 Å². The van der Waals surface area contributed by atoms with Crippen LogP contribution >= 0.6 is 11.6 Å². The highest BCUT2D eigenvalue weighted by Crippen LogP contribution is 2.43. The summed E-state index contributed by atoms with van der Waals surface area (Å²) < 4.78 is 11.6. The van der Waals surface area contributed by atoms with E-state index in [1.165, 1.54) is 4.90 Å². The third kappa shape index (κ3) is 4.53. The molecule has 182 valence electrons. The van der Waals surface area contributed by atoms with Gasteiger partial charge in [-0.1, -0.05) is 41.9 Å². The second-order valence-corrected chi connectivity index (χ2v) is 9.21. The van der Waals surface area contributed by atoms with Crippen LogP contribution in [-0.2, 0) is 10.4 Å². The summed E-state index contributed by atoms with van der Waals surface area (Å²) in [6.45, 7) is 2.43. The van der Waals surface area contributed by atoms with E-state index in [0.29, 0.717) is 27.8 Å². The largest absolute Gasteiger partial charge is 0.492 e. The van der Waals surface area contributed by atoms with Crippen LogP contribution in [0.2, 0.25) is 5.02 Å². The zero-order valence-corrected chi connectivity index (χ0v) is 20.4. The van der Waals surface area contributed by atoms with Crippen molar-refractivity contribution < 1.29 is 23.8 Å². The van der Waals surface area contributed by atoms with Gasteiger partial charge >= 0.3 is 0 Å². The molecule has 1 unspecified atom stereocenters. The normalized spacial score (nSPS) is 16.8. The van der Waals surface area contributed by atoms with E-state index < -0.39 is 23.7 Å². The summed E-state index contributed by atoms with van der Waals surface area (Å²) in [5.74, 6) is 0.234. The highest BCUT2D eigenvalue weighted by Gasteiger charge is 2.51. The standard InChI is InChI=1S/C29H24ClNO5/c1-19-5-4-6-22(17-19)35-16-15-31-24-8-3-2-7-23(24)29(34,28(31)33)18-25(32)27-14-13-26(36-27)20-9-11-21(30)12-10-20/h2-14,17,34H,15-16,18H2,1H3. The first-order valence-electron chi connectivity index (χ1n) is 11.6. The van der Waals surface area contributed by atoms with Crippen LogP contribution in [0.15, 0.2) is 89.3 Å². The van der Waals surface area contributed by atoms with Crippen LogP contribution in [0.5, 0.6) is 5.75 Å². The molecule has 1 aliphatic heterocycles. The predicted molar refractivity (Wildman–Crippen MR) is 137 cm³/mol. The summed E-state index contributed by atoms with van der Waals surface area (Å²) in [5.41, 5.74) is 0.791. The quantitative estimate of drug-likeness (QED) is 0.309. The molecule has 5 rings (SSSR count). The van der Waals surface area contributed by atoms with Gasteiger partial charge in [0.25, 0.3) is 5.91 Å². The highest BCUT2D eigenvalue weighted by molar-refractivity contribution is 6.30. The van der Waals surface area contributed by atoms with Crippen molar-refractivity contribution in [2.24, 2.45) is 0 Å². The van der Waals surface area contributed by atoms with Crippen molar-refractivity contribution in [3.05, 3.63) is 107 Å². The van der Waals surface area contributed by atoms with Crippen molar-refractivity contribution in [2.75, 3.05) is 18.1 Å². The number of halogens is 1. The third-order valence-electron chi connectivity index (χ3n) is 6.24. The number of furan rings is 1. The summed E-state index contributed by atoms with van der Waals surface area (Å²) >= 11 is 5.94. The van der Waals surface area contributed by atoms with Gasteiger partial charge in [0.05, 0.1) is 18.7 Å². The molecule has 0 bridgehead atoms.